The average molecular weight is 370 g/mol. The Hall–Kier alpha value is -1.85. The van der Waals surface area contributed by atoms with Crippen molar-refractivity contribution in [2.45, 2.75) is 44.2 Å². The minimum atomic E-state index is -0.782. The van der Waals surface area contributed by atoms with Crippen molar-refractivity contribution in [3.8, 4) is 0 Å². The zero-order valence-corrected chi connectivity index (χ0v) is 14.4. The first kappa shape index (κ1) is 16.6. The smallest absolute Gasteiger partial charge is 0.190 e. The van der Waals surface area contributed by atoms with Gasteiger partial charge in [-0.05, 0) is 13.8 Å². The largest absolute Gasteiger partial charge is 0.409 e. The van der Waals surface area contributed by atoms with Gasteiger partial charge in [0.25, 0.3) is 0 Å². The van der Waals surface area contributed by atoms with Crippen molar-refractivity contribution in [2.75, 3.05) is 7.11 Å². The van der Waals surface area contributed by atoms with Crippen molar-refractivity contribution < 1.29 is 24.2 Å². The lowest BCUT2D eigenvalue weighted by molar-refractivity contribution is -0.208. The molecule has 2 fully saturated rings. The highest BCUT2D eigenvalue weighted by atomic mass is 35.5. The van der Waals surface area contributed by atoms with E-state index in [9.17, 15) is 5.21 Å². The summed E-state index contributed by atoms with van der Waals surface area (Å²) < 4.78 is 24.5. The quantitative estimate of drug-likeness (QED) is 0.274. The molecule has 0 saturated carbocycles. The standard InChI is InChI=1S/C14H16ClN5O5/c1-14(2)24-9-7(22-3)8(23-13(9)25-14)12(19-21)20-5-18-6-10(15)16-4-17-11(6)20/h4-5,7-9,13,21H,1-3H3/b19-12-. The summed E-state index contributed by atoms with van der Waals surface area (Å²) in [6.07, 6.45) is 0.310. The maximum Gasteiger partial charge on any atom is 0.190 e. The fraction of sp³-hybridized carbons (Fsp3) is 0.571. The number of fused-ring (bicyclic) bond motifs is 2. The van der Waals surface area contributed by atoms with E-state index < -0.39 is 30.4 Å². The molecule has 2 aromatic rings. The number of oxime groups is 1. The number of hydrogen-bond donors (Lipinski definition) is 1. The Kier molecular flexibility index (Phi) is 3.89. The summed E-state index contributed by atoms with van der Waals surface area (Å²) in [4.78, 5) is 12.2. The van der Waals surface area contributed by atoms with Gasteiger partial charge in [-0.1, -0.05) is 16.8 Å². The lowest BCUT2D eigenvalue weighted by Crippen LogP contribution is -2.42. The number of aromatic nitrogens is 4. The molecule has 25 heavy (non-hydrogen) atoms. The van der Waals surface area contributed by atoms with Gasteiger partial charge >= 0.3 is 0 Å². The summed E-state index contributed by atoms with van der Waals surface area (Å²) in [5, 5.41) is 13.2. The monoisotopic (exact) mass is 369 g/mol. The van der Waals surface area contributed by atoms with Crippen molar-refractivity contribution >= 4 is 28.6 Å². The van der Waals surface area contributed by atoms with Gasteiger partial charge in [-0.25, -0.2) is 15.0 Å². The molecule has 2 aliphatic heterocycles. The highest BCUT2D eigenvalue weighted by Gasteiger charge is 2.57. The molecular formula is C14H16ClN5O5. The van der Waals surface area contributed by atoms with Crippen LogP contribution in [0.3, 0.4) is 0 Å². The molecule has 0 spiro atoms. The summed E-state index contributed by atoms with van der Waals surface area (Å²) in [5.41, 5.74) is 0.761. The van der Waals surface area contributed by atoms with Crippen molar-refractivity contribution in [3.63, 3.8) is 0 Å². The molecule has 134 valence electrons. The van der Waals surface area contributed by atoms with E-state index in [-0.39, 0.29) is 11.0 Å². The van der Waals surface area contributed by atoms with Crippen LogP contribution in [0.15, 0.2) is 17.8 Å². The zero-order chi connectivity index (χ0) is 17.8. The molecule has 1 N–H and O–H groups in total. The molecule has 4 atom stereocenters. The number of halogens is 1. The lowest BCUT2D eigenvalue weighted by atomic mass is 10.1. The zero-order valence-electron chi connectivity index (χ0n) is 13.7. The molecule has 4 unspecified atom stereocenters. The predicted octanol–water partition coefficient (Wildman–Crippen LogP) is 1.01. The number of ether oxygens (including phenoxy) is 4. The fourth-order valence-electron chi connectivity index (χ4n) is 3.16. The summed E-state index contributed by atoms with van der Waals surface area (Å²) in [6.45, 7) is 3.58. The Bertz CT molecular complexity index is 840. The first-order valence-electron chi connectivity index (χ1n) is 7.55. The fourth-order valence-corrected chi connectivity index (χ4v) is 3.34. The van der Waals surface area contributed by atoms with Gasteiger partial charge in [0.05, 0.1) is 0 Å². The van der Waals surface area contributed by atoms with Gasteiger partial charge in [-0.2, -0.15) is 0 Å². The third kappa shape index (κ3) is 2.57. The Labute approximate surface area is 147 Å². The third-order valence-corrected chi connectivity index (χ3v) is 4.43. The van der Waals surface area contributed by atoms with E-state index in [1.807, 2.05) is 0 Å². The van der Waals surface area contributed by atoms with Crippen LogP contribution in [0, 0.1) is 0 Å². The second kappa shape index (κ2) is 5.85. The van der Waals surface area contributed by atoms with Crippen LogP contribution in [0.25, 0.3) is 11.2 Å². The van der Waals surface area contributed by atoms with Crippen LogP contribution in [0.2, 0.25) is 5.15 Å². The minimum absolute atomic E-state index is 0.128. The third-order valence-electron chi connectivity index (χ3n) is 4.16. The van der Waals surface area contributed by atoms with E-state index in [2.05, 4.69) is 20.1 Å². The van der Waals surface area contributed by atoms with Gasteiger partial charge in [-0.15, -0.1) is 0 Å². The number of hydrogen-bond acceptors (Lipinski definition) is 9. The van der Waals surface area contributed by atoms with Crippen molar-refractivity contribution in [3.05, 3.63) is 17.8 Å². The molecule has 0 radical (unpaired) electrons. The van der Waals surface area contributed by atoms with Crippen LogP contribution >= 0.6 is 11.6 Å². The SMILES string of the molecule is COC1C(/C(=N/O)n2cnc3c(Cl)ncnc32)OC2OC(C)(C)OC21. The van der Waals surface area contributed by atoms with Crippen LogP contribution in [-0.2, 0) is 18.9 Å². The van der Waals surface area contributed by atoms with E-state index >= 15 is 0 Å². The molecule has 2 saturated heterocycles. The minimum Gasteiger partial charge on any atom is -0.409 e. The van der Waals surface area contributed by atoms with Gasteiger partial charge in [0, 0.05) is 7.11 Å². The van der Waals surface area contributed by atoms with Gasteiger partial charge in [0.15, 0.2) is 34.8 Å². The van der Waals surface area contributed by atoms with E-state index in [1.165, 1.54) is 24.3 Å². The van der Waals surface area contributed by atoms with Crippen molar-refractivity contribution in [1.82, 2.24) is 19.5 Å². The van der Waals surface area contributed by atoms with Crippen LogP contribution in [-0.4, -0.2) is 68.1 Å². The predicted molar refractivity (Wildman–Crippen MR) is 84.4 cm³/mol. The molecule has 0 bridgehead atoms. The van der Waals surface area contributed by atoms with E-state index in [1.54, 1.807) is 13.8 Å². The molecule has 0 aromatic carbocycles. The normalized spacial score (nSPS) is 31.6. The van der Waals surface area contributed by atoms with Crippen LogP contribution in [0.4, 0.5) is 0 Å². The second-order valence-corrected chi connectivity index (χ2v) is 6.49. The van der Waals surface area contributed by atoms with Crippen molar-refractivity contribution in [1.29, 1.82) is 0 Å². The Morgan fingerprint density at radius 3 is 2.88 bits per heavy atom. The molecule has 2 aromatic heterocycles. The van der Waals surface area contributed by atoms with E-state index in [4.69, 9.17) is 30.5 Å². The van der Waals surface area contributed by atoms with Gasteiger partial charge < -0.3 is 24.2 Å². The van der Waals surface area contributed by atoms with E-state index in [0.29, 0.717) is 11.2 Å². The van der Waals surface area contributed by atoms with Crippen molar-refractivity contribution in [2.24, 2.45) is 5.16 Å². The van der Waals surface area contributed by atoms with E-state index in [0.717, 1.165) is 0 Å². The Balaban J connectivity index is 1.71. The summed E-state index contributed by atoms with van der Waals surface area (Å²) in [5.74, 6) is -0.653. The van der Waals surface area contributed by atoms with Crippen LogP contribution in [0.5, 0.6) is 0 Å². The molecule has 10 nitrogen and oxygen atoms in total. The van der Waals surface area contributed by atoms with Crippen LogP contribution in [0.1, 0.15) is 13.8 Å². The lowest BCUT2D eigenvalue weighted by Gasteiger charge is -2.25. The van der Waals surface area contributed by atoms with Gasteiger partial charge in [-0.3, -0.25) is 4.57 Å². The first-order valence-corrected chi connectivity index (χ1v) is 7.93. The number of nitrogens with zero attached hydrogens (tertiary/aromatic N) is 5. The summed E-state index contributed by atoms with van der Waals surface area (Å²) in [7, 11) is 1.53. The maximum atomic E-state index is 9.61. The molecule has 2 aliphatic rings. The molecule has 4 heterocycles. The number of methoxy groups -OCH3 is 1. The molecule has 0 aliphatic carbocycles. The first-order chi connectivity index (χ1) is 11.9. The average Bonchev–Trinajstić information content (AvgIpc) is 3.20. The molecule has 11 heteroatoms. The maximum absolute atomic E-state index is 9.61. The molecular weight excluding hydrogens is 354 g/mol. The summed E-state index contributed by atoms with van der Waals surface area (Å²) >= 11 is 6.02. The topological polar surface area (TPSA) is 113 Å². The highest BCUT2D eigenvalue weighted by Crippen LogP contribution is 2.39. The highest BCUT2D eigenvalue weighted by molar-refractivity contribution is 6.33. The Morgan fingerprint density at radius 1 is 1.36 bits per heavy atom. The van der Waals surface area contributed by atoms with Gasteiger partial charge in [0.2, 0.25) is 0 Å². The number of rotatable bonds is 2. The Morgan fingerprint density at radius 2 is 2.16 bits per heavy atom. The number of imidazole rings is 1. The molecule has 4 rings (SSSR count). The summed E-state index contributed by atoms with van der Waals surface area (Å²) in [6, 6.07) is 0. The second-order valence-electron chi connectivity index (χ2n) is 6.14. The molecule has 0 amide bonds. The van der Waals surface area contributed by atoms with Crippen LogP contribution < -0.4 is 0 Å². The van der Waals surface area contributed by atoms with Gasteiger partial charge in [0.1, 0.15) is 30.4 Å².